The molecule has 2 N–H and O–H groups in total. The standard InChI is InChI=1S/C21H23ClN4/c1-15-14-20(25-16(2)18-6-4-3-5-7-18)26-21(24-15)23-13-12-17-8-10-19(22)11-9-17/h3-11,14,16H,12-13H2,1-2H3,(H2,23,24,25,26)/t16-/m0/s1. The molecule has 1 atom stereocenters. The molecule has 0 radical (unpaired) electrons. The largest absolute Gasteiger partial charge is 0.363 e. The first-order valence-electron chi connectivity index (χ1n) is 8.75. The Balaban J connectivity index is 1.61. The first-order chi connectivity index (χ1) is 12.6. The summed E-state index contributed by atoms with van der Waals surface area (Å²) in [4.78, 5) is 9.07. The number of hydrogen-bond donors (Lipinski definition) is 2. The maximum Gasteiger partial charge on any atom is 0.224 e. The highest BCUT2D eigenvalue weighted by Gasteiger charge is 2.08. The van der Waals surface area contributed by atoms with Crippen molar-refractivity contribution in [3.8, 4) is 0 Å². The van der Waals surface area contributed by atoms with Crippen molar-refractivity contribution >= 4 is 23.4 Å². The van der Waals surface area contributed by atoms with Crippen molar-refractivity contribution in [3.63, 3.8) is 0 Å². The molecular formula is C21H23ClN4. The van der Waals surface area contributed by atoms with Crippen LogP contribution in [0.15, 0.2) is 60.7 Å². The Morgan fingerprint density at radius 2 is 1.73 bits per heavy atom. The van der Waals surface area contributed by atoms with Gasteiger partial charge in [-0.1, -0.05) is 54.1 Å². The highest BCUT2D eigenvalue weighted by molar-refractivity contribution is 6.30. The van der Waals surface area contributed by atoms with E-state index in [0.29, 0.717) is 5.95 Å². The molecule has 0 saturated carbocycles. The SMILES string of the molecule is Cc1cc(N[C@@H](C)c2ccccc2)nc(NCCc2ccc(Cl)cc2)n1. The van der Waals surface area contributed by atoms with E-state index >= 15 is 0 Å². The molecule has 3 aromatic rings. The molecule has 2 aromatic carbocycles. The summed E-state index contributed by atoms with van der Waals surface area (Å²) in [6.45, 7) is 4.86. The van der Waals surface area contributed by atoms with E-state index in [1.165, 1.54) is 11.1 Å². The van der Waals surface area contributed by atoms with Crippen molar-refractivity contribution in [2.75, 3.05) is 17.2 Å². The molecule has 0 spiro atoms. The fraction of sp³-hybridized carbons (Fsp3) is 0.238. The van der Waals surface area contributed by atoms with E-state index in [2.05, 4.69) is 39.7 Å². The van der Waals surface area contributed by atoms with Crippen LogP contribution in [-0.4, -0.2) is 16.5 Å². The van der Waals surface area contributed by atoms with Gasteiger partial charge in [0.25, 0.3) is 0 Å². The summed E-state index contributed by atoms with van der Waals surface area (Å²) in [6, 6.07) is 20.4. The van der Waals surface area contributed by atoms with Crippen molar-refractivity contribution < 1.29 is 0 Å². The van der Waals surface area contributed by atoms with Gasteiger partial charge in [-0.05, 0) is 43.5 Å². The average molecular weight is 367 g/mol. The Kier molecular flexibility index (Phi) is 6.08. The maximum absolute atomic E-state index is 5.92. The van der Waals surface area contributed by atoms with Crippen molar-refractivity contribution in [2.24, 2.45) is 0 Å². The lowest BCUT2D eigenvalue weighted by Gasteiger charge is -2.16. The second-order valence-electron chi connectivity index (χ2n) is 6.30. The topological polar surface area (TPSA) is 49.8 Å². The predicted octanol–water partition coefficient (Wildman–Crippen LogP) is 5.27. The molecule has 0 saturated heterocycles. The van der Waals surface area contributed by atoms with Gasteiger partial charge in [0.2, 0.25) is 5.95 Å². The Bertz CT molecular complexity index is 834. The van der Waals surface area contributed by atoms with Gasteiger partial charge in [0.05, 0.1) is 0 Å². The first-order valence-corrected chi connectivity index (χ1v) is 9.13. The van der Waals surface area contributed by atoms with Crippen LogP contribution in [0, 0.1) is 6.92 Å². The molecule has 0 bridgehead atoms. The zero-order chi connectivity index (χ0) is 18.4. The highest BCUT2D eigenvalue weighted by atomic mass is 35.5. The van der Waals surface area contributed by atoms with Crippen molar-refractivity contribution in [1.82, 2.24) is 9.97 Å². The smallest absolute Gasteiger partial charge is 0.224 e. The molecule has 26 heavy (non-hydrogen) atoms. The molecule has 3 rings (SSSR count). The third-order valence-corrected chi connectivity index (χ3v) is 4.38. The molecule has 0 fully saturated rings. The molecule has 134 valence electrons. The van der Waals surface area contributed by atoms with Gasteiger partial charge >= 0.3 is 0 Å². The fourth-order valence-electron chi connectivity index (χ4n) is 2.74. The number of aryl methyl sites for hydroxylation is 1. The number of halogens is 1. The minimum absolute atomic E-state index is 0.174. The van der Waals surface area contributed by atoms with Crippen LogP contribution in [0.2, 0.25) is 5.02 Å². The van der Waals surface area contributed by atoms with Crippen LogP contribution in [-0.2, 0) is 6.42 Å². The van der Waals surface area contributed by atoms with Gasteiger partial charge in [-0.2, -0.15) is 4.98 Å². The maximum atomic E-state index is 5.92. The third-order valence-electron chi connectivity index (χ3n) is 4.13. The number of nitrogens with zero attached hydrogens (tertiary/aromatic N) is 2. The van der Waals surface area contributed by atoms with E-state index < -0.39 is 0 Å². The lowest BCUT2D eigenvalue weighted by atomic mass is 10.1. The minimum atomic E-state index is 0.174. The van der Waals surface area contributed by atoms with E-state index in [1.807, 2.05) is 55.5 Å². The molecule has 0 aliphatic heterocycles. The number of rotatable bonds is 7. The van der Waals surface area contributed by atoms with Gasteiger partial charge in [-0.25, -0.2) is 4.98 Å². The van der Waals surface area contributed by atoms with Gasteiger partial charge in [0, 0.05) is 29.4 Å². The Labute approximate surface area is 159 Å². The van der Waals surface area contributed by atoms with Crippen LogP contribution in [0.3, 0.4) is 0 Å². The Morgan fingerprint density at radius 1 is 1.00 bits per heavy atom. The zero-order valence-electron chi connectivity index (χ0n) is 15.0. The quantitative estimate of drug-likeness (QED) is 0.598. The molecule has 1 aromatic heterocycles. The molecule has 0 aliphatic carbocycles. The summed E-state index contributed by atoms with van der Waals surface area (Å²) in [5.41, 5.74) is 3.38. The monoisotopic (exact) mass is 366 g/mol. The summed E-state index contributed by atoms with van der Waals surface area (Å²) in [6.07, 6.45) is 0.887. The van der Waals surface area contributed by atoms with Gasteiger partial charge in [0.15, 0.2) is 0 Å². The molecule has 0 unspecified atom stereocenters. The van der Waals surface area contributed by atoms with Crippen LogP contribution in [0.25, 0.3) is 0 Å². The van der Waals surface area contributed by atoms with Gasteiger partial charge in [-0.15, -0.1) is 0 Å². The van der Waals surface area contributed by atoms with Gasteiger partial charge in [-0.3, -0.25) is 0 Å². The fourth-order valence-corrected chi connectivity index (χ4v) is 2.86. The number of aromatic nitrogens is 2. The van der Waals surface area contributed by atoms with E-state index in [0.717, 1.165) is 29.5 Å². The molecule has 5 heteroatoms. The van der Waals surface area contributed by atoms with E-state index in [4.69, 9.17) is 11.6 Å². The zero-order valence-corrected chi connectivity index (χ0v) is 15.8. The number of anilines is 2. The summed E-state index contributed by atoms with van der Waals surface area (Å²) in [7, 11) is 0. The summed E-state index contributed by atoms with van der Waals surface area (Å²) >= 11 is 5.92. The third kappa shape index (κ3) is 5.20. The van der Waals surface area contributed by atoms with E-state index in [1.54, 1.807) is 0 Å². The van der Waals surface area contributed by atoms with Gasteiger partial charge < -0.3 is 10.6 Å². The lowest BCUT2D eigenvalue weighted by molar-refractivity contribution is 0.868. The van der Waals surface area contributed by atoms with Crippen LogP contribution in [0.4, 0.5) is 11.8 Å². The van der Waals surface area contributed by atoms with Crippen molar-refractivity contribution in [2.45, 2.75) is 26.3 Å². The normalized spacial score (nSPS) is 11.8. The van der Waals surface area contributed by atoms with E-state index in [9.17, 15) is 0 Å². The molecule has 1 heterocycles. The molecule has 0 amide bonds. The van der Waals surface area contributed by atoms with Crippen LogP contribution in [0.5, 0.6) is 0 Å². The van der Waals surface area contributed by atoms with E-state index in [-0.39, 0.29) is 6.04 Å². The molecular weight excluding hydrogens is 344 g/mol. The minimum Gasteiger partial charge on any atom is -0.363 e. The molecule has 4 nitrogen and oxygen atoms in total. The summed E-state index contributed by atoms with van der Waals surface area (Å²) in [5.74, 6) is 1.46. The van der Waals surface area contributed by atoms with Crippen LogP contribution >= 0.6 is 11.6 Å². The van der Waals surface area contributed by atoms with Crippen molar-refractivity contribution in [1.29, 1.82) is 0 Å². The number of nitrogens with one attached hydrogen (secondary N) is 2. The first kappa shape index (κ1) is 18.2. The highest BCUT2D eigenvalue weighted by Crippen LogP contribution is 2.19. The summed E-state index contributed by atoms with van der Waals surface area (Å²) < 4.78 is 0. The van der Waals surface area contributed by atoms with Crippen LogP contribution < -0.4 is 10.6 Å². The number of hydrogen-bond acceptors (Lipinski definition) is 4. The van der Waals surface area contributed by atoms with Crippen molar-refractivity contribution in [3.05, 3.63) is 82.5 Å². The average Bonchev–Trinajstić information content (AvgIpc) is 2.64. The van der Waals surface area contributed by atoms with Crippen LogP contribution in [0.1, 0.15) is 29.8 Å². The second kappa shape index (κ2) is 8.68. The van der Waals surface area contributed by atoms with Gasteiger partial charge in [0.1, 0.15) is 5.82 Å². The molecule has 0 aliphatic rings. The predicted molar refractivity (Wildman–Crippen MR) is 109 cm³/mol. The second-order valence-corrected chi connectivity index (χ2v) is 6.73. The Hall–Kier alpha value is -2.59. The lowest BCUT2D eigenvalue weighted by Crippen LogP contribution is -2.12. The number of benzene rings is 2. The Morgan fingerprint density at radius 3 is 2.46 bits per heavy atom. The summed E-state index contributed by atoms with van der Waals surface area (Å²) in [5, 5.41) is 7.51.